The van der Waals surface area contributed by atoms with Crippen molar-refractivity contribution in [2.75, 3.05) is 9.62 Å². The number of phenolic OH excluding ortho intramolecular Hbond substituents is 1. The molecular formula is C28H21FN4O5S. The smallest absolute Gasteiger partial charge is 0.266 e. The fourth-order valence-electron chi connectivity index (χ4n) is 3.90. The second kappa shape index (κ2) is 10.9. The third-order valence-electron chi connectivity index (χ3n) is 5.82. The zero-order valence-corrected chi connectivity index (χ0v) is 21.2. The van der Waals surface area contributed by atoms with E-state index in [0.29, 0.717) is 17.3 Å². The third kappa shape index (κ3) is 5.69. The summed E-state index contributed by atoms with van der Waals surface area (Å²) in [5.74, 6) is -0.242. The molecule has 11 heteroatoms. The Morgan fingerprint density at radius 3 is 2.13 bits per heavy atom. The molecule has 5 rings (SSSR count). The second-order valence-electron chi connectivity index (χ2n) is 8.45. The molecule has 0 aliphatic heterocycles. The summed E-state index contributed by atoms with van der Waals surface area (Å²) in [5.41, 5.74) is 3.45. The predicted octanol–water partition coefficient (Wildman–Crippen LogP) is 6.08. The normalized spacial score (nSPS) is 11.7. The molecule has 0 spiro atoms. The van der Waals surface area contributed by atoms with Gasteiger partial charge in [0.25, 0.3) is 17.2 Å². The molecular weight excluding hydrogens is 523 g/mol. The molecule has 3 N–H and O–H groups in total. The van der Waals surface area contributed by atoms with Crippen LogP contribution in [0.5, 0.6) is 5.75 Å². The van der Waals surface area contributed by atoms with Gasteiger partial charge in [0.15, 0.2) is 0 Å². The first-order valence-corrected chi connectivity index (χ1v) is 12.7. The minimum absolute atomic E-state index is 0.0463. The number of benzene rings is 4. The molecule has 0 radical (unpaired) electrons. The Morgan fingerprint density at radius 2 is 1.54 bits per heavy atom. The molecule has 0 bridgehead atoms. The second-order valence-corrected chi connectivity index (χ2v) is 9.28. The standard InChI is InChI=1S/C28H21FN4O5S/c1-17-30-27(32-38-17)20-6-2-18(3-7-20)19-4-8-21(9-5-19)28(35)31-23-12-15-26(34)25(16-23)33(39(36)37)24-13-10-22(29)11-14-24/h2-16,34H,1H3,(H,31,35)(H,36,37). The Balaban J connectivity index is 1.32. The lowest BCUT2D eigenvalue weighted by atomic mass is 10.0. The number of aromatic hydroxyl groups is 1. The quantitative estimate of drug-likeness (QED) is 0.167. The van der Waals surface area contributed by atoms with Crippen LogP contribution < -0.4 is 9.62 Å². The van der Waals surface area contributed by atoms with Crippen LogP contribution in [-0.2, 0) is 11.3 Å². The number of hydrogen-bond donors (Lipinski definition) is 3. The van der Waals surface area contributed by atoms with E-state index in [1.54, 1.807) is 19.1 Å². The molecule has 1 heterocycles. The summed E-state index contributed by atoms with van der Waals surface area (Å²) in [6, 6.07) is 23.6. The maximum absolute atomic E-state index is 13.3. The summed E-state index contributed by atoms with van der Waals surface area (Å²) >= 11 is -2.59. The number of carbonyl (C=O) groups is 1. The van der Waals surface area contributed by atoms with Gasteiger partial charge in [0.2, 0.25) is 11.7 Å². The average molecular weight is 545 g/mol. The van der Waals surface area contributed by atoms with Crippen molar-refractivity contribution >= 4 is 34.2 Å². The van der Waals surface area contributed by atoms with Gasteiger partial charge in [0, 0.05) is 23.7 Å². The number of halogens is 1. The number of anilines is 3. The fourth-order valence-corrected chi connectivity index (χ4v) is 4.52. The van der Waals surface area contributed by atoms with Crippen molar-refractivity contribution in [3.63, 3.8) is 0 Å². The van der Waals surface area contributed by atoms with Crippen molar-refractivity contribution < 1.29 is 27.6 Å². The molecule has 1 amide bonds. The van der Waals surface area contributed by atoms with E-state index in [1.807, 2.05) is 36.4 Å². The molecule has 0 fully saturated rings. The van der Waals surface area contributed by atoms with Crippen LogP contribution in [0.2, 0.25) is 0 Å². The number of phenols is 1. The van der Waals surface area contributed by atoms with Crippen LogP contribution in [0.4, 0.5) is 21.5 Å². The van der Waals surface area contributed by atoms with Gasteiger partial charge in [-0.25, -0.2) is 12.9 Å². The average Bonchev–Trinajstić information content (AvgIpc) is 3.38. The van der Waals surface area contributed by atoms with Gasteiger partial charge in [0.1, 0.15) is 17.3 Å². The largest absolute Gasteiger partial charge is 0.506 e. The number of nitrogens with zero attached hydrogens (tertiary/aromatic N) is 3. The van der Waals surface area contributed by atoms with Gasteiger partial charge in [-0.3, -0.25) is 9.35 Å². The molecule has 1 unspecified atom stereocenters. The number of nitrogens with one attached hydrogen (secondary N) is 1. The molecule has 1 atom stereocenters. The molecule has 5 aromatic rings. The van der Waals surface area contributed by atoms with Crippen LogP contribution in [0, 0.1) is 12.7 Å². The van der Waals surface area contributed by atoms with Crippen LogP contribution in [0.15, 0.2) is 95.5 Å². The Hall–Kier alpha value is -4.87. The van der Waals surface area contributed by atoms with Gasteiger partial charge in [-0.2, -0.15) is 4.98 Å². The summed E-state index contributed by atoms with van der Waals surface area (Å²) in [7, 11) is 0. The van der Waals surface area contributed by atoms with Gasteiger partial charge in [-0.1, -0.05) is 41.6 Å². The number of hydrogen-bond acceptors (Lipinski definition) is 6. The van der Waals surface area contributed by atoms with E-state index >= 15 is 0 Å². The summed E-state index contributed by atoms with van der Waals surface area (Å²) in [6.45, 7) is 1.73. The molecule has 0 saturated heterocycles. The number of aromatic nitrogens is 2. The zero-order valence-electron chi connectivity index (χ0n) is 20.4. The van der Waals surface area contributed by atoms with E-state index in [1.165, 1.54) is 30.3 Å². The highest BCUT2D eigenvalue weighted by Crippen LogP contribution is 2.36. The lowest BCUT2D eigenvalue weighted by Crippen LogP contribution is -2.20. The summed E-state index contributed by atoms with van der Waals surface area (Å²) in [5, 5.41) is 17.0. The third-order valence-corrected chi connectivity index (χ3v) is 6.54. The topological polar surface area (TPSA) is 129 Å². The van der Waals surface area contributed by atoms with Crippen LogP contribution >= 0.6 is 0 Å². The molecule has 4 aromatic carbocycles. The maximum Gasteiger partial charge on any atom is 0.266 e. The number of amides is 1. The van der Waals surface area contributed by atoms with Gasteiger partial charge in [-0.05, 0) is 65.7 Å². The van der Waals surface area contributed by atoms with Crippen molar-refractivity contribution in [1.82, 2.24) is 10.1 Å². The molecule has 0 aliphatic carbocycles. The van der Waals surface area contributed by atoms with Crippen LogP contribution in [0.1, 0.15) is 16.2 Å². The van der Waals surface area contributed by atoms with E-state index in [-0.39, 0.29) is 22.8 Å². The summed E-state index contributed by atoms with van der Waals surface area (Å²) < 4.78 is 41.2. The summed E-state index contributed by atoms with van der Waals surface area (Å²) in [4.78, 5) is 17.1. The van der Waals surface area contributed by atoms with E-state index < -0.39 is 23.0 Å². The van der Waals surface area contributed by atoms with Crippen LogP contribution in [0.25, 0.3) is 22.5 Å². The predicted molar refractivity (Wildman–Crippen MR) is 145 cm³/mol. The van der Waals surface area contributed by atoms with Gasteiger partial charge in [-0.15, -0.1) is 0 Å². The lowest BCUT2D eigenvalue weighted by Gasteiger charge is -2.21. The lowest BCUT2D eigenvalue weighted by molar-refractivity contribution is 0.102. The van der Waals surface area contributed by atoms with E-state index in [2.05, 4.69) is 15.5 Å². The SMILES string of the molecule is Cc1nc(-c2ccc(-c3ccc(C(=O)Nc4ccc(O)c(N(c5ccc(F)cc5)S(=O)O)c4)cc3)cc2)no1. The summed E-state index contributed by atoms with van der Waals surface area (Å²) in [6.07, 6.45) is 0. The Labute approximate surface area is 225 Å². The molecule has 39 heavy (non-hydrogen) atoms. The fraction of sp³-hybridized carbons (Fsp3) is 0.0357. The molecule has 9 nitrogen and oxygen atoms in total. The monoisotopic (exact) mass is 544 g/mol. The van der Waals surface area contributed by atoms with E-state index in [4.69, 9.17) is 4.52 Å². The zero-order chi connectivity index (χ0) is 27.5. The van der Waals surface area contributed by atoms with Gasteiger partial charge in [0.05, 0.1) is 5.69 Å². The maximum atomic E-state index is 13.3. The molecule has 0 aliphatic rings. The van der Waals surface area contributed by atoms with E-state index in [0.717, 1.165) is 33.1 Å². The van der Waals surface area contributed by atoms with Crippen molar-refractivity contribution in [1.29, 1.82) is 0 Å². The first kappa shape index (κ1) is 25.8. The molecule has 196 valence electrons. The Bertz CT molecular complexity index is 1660. The highest BCUT2D eigenvalue weighted by atomic mass is 32.2. The Kier molecular flexibility index (Phi) is 7.17. The van der Waals surface area contributed by atoms with Crippen molar-refractivity contribution in [2.45, 2.75) is 6.92 Å². The van der Waals surface area contributed by atoms with Crippen LogP contribution in [-0.4, -0.2) is 29.9 Å². The number of carbonyl (C=O) groups excluding carboxylic acids is 1. The van der Waals surface area contributed by atoms with Gasteiger partial charge >= 0.3 is 0 Å². The Morgan fingerprint density at radius 1 is 0.923 bits per heavy atom. The first-order chi connectivity index (χ1) is 18.8. The van der Waals surface area contributed by atoms with Crippen molar-refractivity contribution in [3.05, 3.63) is 108 Å². The highest BCUT2D eigenvalue weighted by molar-refractivity contribution is 7.81. The van der Waals surface area contributed by atoms with Crippen molar-refractivity contribution in [3.8, 4) is 28.3 Å². The van der Waals surface area contributed by atoms with E-state index in [9.17, 15) is 23.1 Å². The number of rotatable bonds is 7. The first-order valence-electron chi connectivity index (χ1n) is 11.6. The van der Waals surface area contributed by atoms with Crippen molar-refractivity contribution in [2.24, 2.45) is 0 Å². The number of aryl methyl sites for hydroxylation is 1. The van der Waals surface area contributed by atoms with Gasteiger partial charge < -0.3 is 14.9 Å². The minimum atomic E-state index is -2.59. The highest BCUT2D eigenvalue weighted by Gasteiger charge is 2.20. The molecule has 0 saturated carbocycles. The van der Waals surface area contributed by atoms with Crippen LogP contribution in [0.3, 0.4) is 0 Å². The molecule has 1 aromatic heterocycles. The minimum Gasteiger partial charge on any atom is -0.506 e.